The molecule has 0 aliphatic rings. The summed E-state index contributed by atoms with van der Waals surface area (Å²) in [4.78, 5) is 120. The van der Waals surface area contributed by atoms with Crippen LogP contribution in [-0.4, -0.2) is 150 Å². The summed E-state index contributed by atoms with van der Waals surface area (Å²) in [6.45, 7) is 0.841. The van der Waals surface area contributed by atoms with Gasteiger partial charge in [0.15, 0.2) is 5.96 Å². The number of nitrogens with zero attached hydrogens (tertiary/aromatic N) is 1. The topological polar surface area (TPSA) is 441 Å². The van der Waals surface area contributed by atoms with E-state index in [0.29, 0.717) is 31.4 Å². The van der Waals surface area contributed by atoms with Crippen molar-refractivity contribution in [1.29, 1.82) is 0 Å². The Hall–Kier alpha value is -6.44. The van der Waals surface area contributed by atoms with Gasteiger partial charge in [0.05, 0.1) is 25.7 Å². The van der Waals surface area contributed by atoms with Crippen LogP contribution in [0, 0.1) is 5.92 Å². The van der Waals surface area contributed by atoms with Crippen LogP contribution in [0.25, 0.3) is 0 Å². The highest BCUT2D eigenvalue weighted by Gasteiger charge is 2.35. The van der Waals surface area contributed by atoms with E-state index in [1.807, 2.05) is 5.32 Å². The van der Waals surface area contributed by atoms with Crippen molar-refractivity contribution in [3.63, 3.8) is 0 Å². The third-order valence-electron chi connectivity index (χ3n) is 9.13. The molecule has 20 N–H and O–H groups in total. The number of guanidine groups is 1. The number of carboxylic acids is 1. The van der Waals surface area contributed by atoms with E-state index in [0.717, 1.165) is 0 Å². The van der Waals surface area contributed by atoms with Gasteiger partial charge in [-0.2, -0.15) is 0 Å². The van der Waals surface area contributed by atoms with E-state index in [2.05, 4.69) is 36.9 Å². The van der Waals surface area contributed by atoms with E-state index in [1.165, 1.54) is 0 Å². The van der Waals surface area contributed by atoms with Gasteiger partial charge in [0.1, 0.15) is 42.8 Å². The lowest BCUT2D eigenvalue weighted by atomic mass is 10.0. The minimum atomic E-state index is -1.79. The number of aliphatic hydroxyl groups is 2. The van der Waals surface area contributed by atoms with E-state index in [1.54, 1.807) is 44.2 Å². The molecule has 352 valence electrons. The molecule has 1 aromatic rings. The number of hydrogen-bond acceptors (Lipinski definition) is 14. The molecule has 8 amide bonds. The molecule has 7 atom stereocenters. The number of unbranched alkanes of at least 4 members (excludes halogenated alkanes) is 1. The quantitative estimate of drug-likeness (QED) is 0.0194. The Labute approximate surface area is 363 Å². The number of carboxylic acid groups (broad SMARTS) is 1. The second-order valence-corrected chi connectivity index (χ2v) is 14.7. The summed E-state index contributed by atoms with van der Waals surface area (Å²) in [5.41, 5.74) is 28.2. The molecule has 0 saturated heterocycles. The molecule has 0 aromatic heterocycles. The van der Waals surface area contributed by atoms with Crippen molar-refractivity contribution in [2.24, 2.45) is 39.6 Å². The summed E-state index contributed by atoms with van der Waals surface area (Å²) in [7, 11) is 0. The Kier molecular flexibility index (Phi) is 25.1. The number of primary amides is 1. The van der Waals surface area contributed by atoms with Gasteiger partial charge in [-0.3, -0.25) is 48.1 Å². The molecule has 0 heterocycles. The molecule has 0 aliphatic heterocycles. The highest BCUT2D eigenvalue weighted by molar-refractivity contribution is 5.98. The van der Waals surface area contributed by atoms with E-state index in [9.17, 15) is 53.4 Å². The van der Waals surface area contributed by atoms with Crippen LogP contribution in [0.2, 0.25) is 0 Å². The normalized spacial score (nSPS) is 14.2. The molecular weight excluding hydrogens is 830 g/mol. The summed E-state index contributed by atoms with van der Waals surface area (Å²) in [6, 6.07) is -2.05. The first-order chi connectivity index (χ1) is 29.7. The Morgan fingerprint density at radius 1 is 0.635 bits per heavy atom. The fraction of sp³-hybridized carbons (Fsp3) is 0.579. The third-order valence-corrected chi connectivity index (χ3v) is 9.13. The molecule has 0 spiro atoms. The van der Waals surface area contributed by atoms with Crippen LogP contribution in [0.3, 0.4) is 0 Å². The van der Waals surface area contributed by atoms with Crippen LogP contribution in [0.5, 0.6) is 0 Å². The predicted molar refractivity (Wildman–Crippen MR) is 226 cm³/mol. The van der Waals surface area contributed by atoms with Crippen molar-refractivity contribution in [3.8, 4) is 0 Å². The molecule has 1 rings (SSSR count). The fourth-order valence-electron chi connectivity index (χ4n) is 5.70. The zero-order valence-electron chi connectivity index (χ0n) is 35.3. The maximum absolute atomic E-state index is 13.9. The lowest BCUT2D eigenvalue weighted by Gasteiger charge is -2.27. The molecular formula is C38H63N13O12. The van der Waals surface area contributed by atoms with Crippen LogP contribution in [-0.2, 0) is 49.6 Å². The average molecular weight is 894 g/mol. The Morgan fingerprint density at radius 3 is 1.71 bits per heavy atom. The van der Waals surface area contributed by atoms with Crippen molar-refractivity contribution in [2.75, 3.05) is 32.8 Å². The number of aliphatic carboxylic acids is 1. The summed E-state index contributed by atoms with van der Waals surface area (Å²) >= 11 is 0. The number of aliphatic hydroxyl groups excluding tert-OH is 2. The smallest absolute Gasteiger partial charge is 0.322 e. The minimum absolute atomic E-state index is 0.0308. The van der Waals surface area contributed by atoms with Crippen molar-refractivity contribution < 1.29 is 58.5 Å². The maximum atomic E-state index is 13.9. The SMILES string of the molecule is CC(C)[C@H](NC(=O)[C@@H](N)CCCCN)C(=O)N[C@@H](CO)C(=O)N[C@@H](CC(N)=O)C(=O)N[C@@H](CCCN=C(N)N)C(=O)N[C@@H](Cc1ccccc1)C(=O)N[C@@H](CO)C(=O)NCC(=O)O. The van der Waals surface area contributed by atoms with Gasteiger partial charge < -0.3 is 81.2 Å². The molecule has 63 heavy (non-hydrogen) atoms. The number of rotatable bonds is 30. The van der Waals surface area contributed by atoms with Gasteiger partial charge in [0.25, 0.3) is 0 Å². The van der Waals surface area contributed by atoms with E-state index >= 15 is 0 Å². The number of carbonyl (C=O) groups is 9. The number of nitrogens with two attached hydrogens (primary N) is 5. The summed E-state index contributed by atoms with van der Waals surface area (Å²) in [5.74, 6) is -10.1. The molecule has 0 saturated carbocycles. The summed E-state index contributed by atoms with van der Waals surface area (Å²) in [5, 5.41) is 45.1. The standard InChI is InChI=1S/C38H63N13O12/c1-20(2)30(51-31(57)22(40)11-6-7-13-39)37(63)50-27(19-53)36(62)48-25(16-28(41)54)35(61)46-23(12-8-14-44-38(42)43)33(59)47-24(15-21-9-4-3-5-10-21)34(60)49-26(18-52)32(58)45-17-29(55)56/h3-5,9-10,20,22-27,30,52-53H,6-8,11-19,39-40H2,1-2H3,(H2,41,54)(H,45,58)(H,46,61)(H,47,59)(H,48,62)(H,49,60)(H,50,63)(H,51,57)(H,55,56)(H4,42,43,44)/t22-,23-,24-,25-,26-,27-,30-/m0/s1. The van der Waals surface area contributed by atoms with E-state index in [4.69, 9.17) is 33.8 Å². The van der Waals surface area contributed by atoms with Gasteiger partial charge in [-0.1, -0.05) is 50.6 Å². The van der Waals surface area contributed by atoms with Gasteiger partial charge in [0, 0.05) is 13.0 Å². The fourth-order valence-corrected chi connectivity index (χ4v) is 5.70. The molecule has 1 aromatic carbocycles. The first-order valence-corrected chi connectivity index (χ1v) is 20.1. The Balaban J connectivity index is 3.37. The van der Waals surface area contributed by atoms with Gasteiger partial charge in [-0.05, 0) is 43.7 Å². The van der Waals surface area contributed by atoms with Gasteiger partial charge in [0.2, 0.25) is 47.3 Å². The van der Waals surface area contributed by atoms with Crippen molar-refractivity contribution >= 4 is 59.2 Å². The van der Waals surface area contributed by atoms with Crippen molar-refractivity contribution in [3.05, 3.63) is 35.9 Å². The molecule has 25 nitrogen and oxygen atoms in total. The van der Waals surface area contributed by atoms with Crippen LogP contribution in [0.15, 0.2) is 35.3 Å². The van der Waals surface area contributed by atoms with E-state index in [-0.39, 0.29) is 31.8 Å². The molecule has 0 bridgehead atoms. The third kappa shape index (κ3) is 21.3. The predicted octanol–water partition coefficient (Wildman–Crippen LogP) is -6.64. The molecule has 0 unspecified atom stereocenters. The van der Waals surface area contributed by atoms with Crippen LogP contribution in [0.1, 0.15) is 57.9 Å². The van der Waals surface area contributed by atoms with Crippen LogP contribution in [0.4, 0.5) is 0 Å². The molecule has 0 aliphatic carbocycles. The zero-order chi connectivity index (χ0) is 47.6. The van der Waals surface area contributed by atoms with Gasteiger partial charge >= 0.3 is 5.97 Å². The Bertz CT molecular complexity index is 1730. The van der Waals surface area contributed by atoms with Crippen molar-refractivity contribution in [1.82, 2.24) is 37.2 Å². The number of carbonyl (C=O) groups excluding carboxylic acids is 8. The number of nitrogens with one attached hydrogen (secondary N) is 7. The highest BCUT2D eigenvalue weighted by atomic mass is 16.4. The van der Waals surface area contributed by atoms with Crippen LogP contribution < -0.4 is 65.9 Å². The first kappa shape index (κ1) is 54.6. The maximum Gasteiger partial charge on any atom is 0.322 e. The second kappa shape index (κ2) is 29.0. The van der Waals surface area contributed by atoms with Crippen molar-refractivity contribution in [2.45, 2.75) is 101 Å². The zero-order valence-corrected chi connectivity index (χ0v) is 35.3. The summed E-state index contributed by atoms with van der Waals surface area (Å²) in [6.07, 6.45) is 0.344. The largest absolute Gasteiger partial charge is 0.480 e. The minimum Gasteiger partial charge on any atom is -0.480 e. The summed E-state index contributed by atoms with van der Waals surface area (Å²) < 4.78 is 0. The Morgan fingerprint density at radius 2 is 1.16 bits per heavy atom. The van der Waals surface area contributed by atoms with Gasteiger partial charge in [-0.15, -0.1) is 0 Å². The van der Waals surface area contributed by atoms with E-state index < -0.39 is 128 Å². The first-order valence-electron chi connectivity index (χ1n) is 20.1. The number of aliphatic imine (C=N–C) groups is 1. The molecule has 0 radical (unpaired) electrons. The van der Waals surface area contributed by atoms with Crippen LogP contribution >= 0.6 is 0 Å². The lowest BCUT2D eigenvalue weighted by Crippen LogP contribution is -2.61. The number of amides is 8. The number of hydrogen-bond donors (Lipinski definition) is 15. The van der Waals surface area contributed by atoms with Gasteiger partial charge in [-0.25, -0.2) is 0 Å². The monoisotopic (exact) mass is 893 g/mol. The molecule has 25 heteroatoms. The number of benzene rings is 1. The average Bonchev–Trinajstić information content (AvgIpc) is 3.22. The molecule has 0 fully saturated rings. The second-order valence-electron chi connectivity index (χ2n) is 14.7. The highest BCUT2D eigenvalue weighted by Crippen LogP contribution is 2.09. The lowest BCUT2D eigenvalue weighted by molar-refractivity contribution is -0.139.